The lowest BCUT2D eigenvalue weighted by atomic mass is 10.1. The molecule has 1 aromatic heterocycles. The summed E-state index contributed by atoms with van der Waals surface area (Å²) in [4.78, 5) is 11.2. The van der Waals surface area contributed by atoms with E-state index >= 15 is 0 Å². The van der Waals surface area contributed by atoms with Gasteiger partial charge in [-0.05, 0) is 31.0 Å². The summed E-state index contributed by atoms with van der Waals surface area (Å²) in [7, 11) is 0. The molecule has 2 N–H and O–H groups in total. The fraction of sp³-hybridized carbons (Fsp3) is 0.385. The molecule has 0 radical (unpaired) electrons. The van der Waals surface area contributed by atoms with Crippen LogP contribution in [0.5, 0.6) is 0 Å². The summed E-state index contributed by atoms with van der Waals surface area (Å²) in [6.07, 6.45) is 1.10. The number of nitrogens with two attached hydrogens (primary N) is 1. The molecule has 4 nitrogen and oxygen atoms in total. The van der Waals surface area contributed by atoms with E-state index in [4.69, 9.17) is 17.3 Å². The van der Waals surface area contributed by atoms with Gasteiger partial charge in [-0.25, -0.2) is 9.97 Å². The number of hydrogen-bond acceptors (Lipinski definition) is 4. The molecule has 2 aromatic rings. The Bertz CT molecular complexity index is 572. The Morgan fingerprint density at radius 1 is 1.28 bits per heavy atom. The van der Waals surface area contributed by atoms with Crippen molar-refractivity contribution in [3.05, 3.63) is 29.4 Å². The molecule has 94 valence electrons. The predicted molar refractivity (Wildman–Crippen MR) is 73.9 cm³/mol. The van der Waals surface area contributed by atoms with Crippen molar-refractivity contribution < 1.29 is 0 Å². The fourth-order valence-electron chi connectivity index (χ4n) is 2.39. The molecule has 1 aromatic carbocycles. The SMILES string of the molecule is NCC1CCN(c2nc3ccccc3nc2Cl)C1. The van der Waals surface area contributed by atoms with Gasteiger partial charge in [0.1, 0.15) is 0 Å². The highest BCUT2D eigenvalue weighted by molar-refractivity contribution is 6.32. The van der Waals surface area contributed by atoms with Crippen LogP contribution in [0.15, 0.2) is 24.3 Å². The van der Waals surface area contributed by atoms with E-state index in [2.05, 4.69) is 14.9 Å². The van der Waals surface area contributed by atoms with E-state index in [0.29, 0.717) is 11.1 Å². The molecule has 5 heteroatoms. The Morgan fingerprint density at radius 2 is 2.00 bits per heavy atom. The number of hydrogen-bond donors (Lipinski definition) is 1. The van der Waals surface area contributed by atoms with Gasteiger partial charge < -0.3 is 10.6 Å². The van der Waals surface area contributed by atoms with Crippen LogP contribution < -0.4 is 10.6 Å². The predicted octanol–water partition coefficient (Wildman–Crippen LogP) is 2.07. The van der Waals surface area contributed by atoms with Gasteiger partial charge in [0.2, 0.25) is 0 Å². The maximum Gasteiger partial charge on any atom is 0.172 e. The Hall–Kier alpha value is -1.39. The minimum absolute atomic E-state index is 0.478. The van der Waals surface area contributed by atoms with Crippen molar-refractivity contribution in [2.45, 2.75) is 6.42 Å². The number of rotatable bonds is 2. The van der Waals surface area contributed by atoms with Gasteiger partial charge in [-0.15, -0.1) is 0 Å². The second-order valence-corrected chi connectivity index (χ2v) is 5.02. The molecule has 0 spiro atoms. The summed E-state index contributed by atoms with van der Waals surface area (Å²) in [5, 5.41) is 0.478. The van der Waals surface area contributed by atoms with E-state index in [1.54, 1.807) is 0 Å². The third kappa shape index (κ3) is 2.02. The van der Waals surface area contributed by atoms with Crippen LogP contribution in [0.1, 0.15) is 6.42 Å². The number of benzene rings is 1. The van der Waals surface area contributed by atoms with Crippen molar-refractivity contribution in [1.29, 1.82) is 0 Å². The standard InChI is InChI=1S/C13H15ClN4/c14-12-13(18-6-5-9(7-15)8-18)17-11-4-2-1-3-10(11)16-12/h1-4,9H,5-8,15H2. The summed E-state index contributed by atoms with van der Waals surface area (Å²) in [6.45, 7) is 2.59. The van der Waals surface area contributed by atoms with E-state index in [-0.39, 0.29) is 0 Å². The van der Waals surface area contributed by atoms with Crippen molar-refractivity contribution >= 4 is 28.5 Å². The topological polar surface area (TPSA) is 55.0 Å². The Labute approximate surface area is 111 Å². The second-order valence-electron chi connectivity index (χ2n) is 4.66. The molecular formula is C13H15ClN4. The maximum absolute atomic E-state index is 6.23. The van der Waals surface area contributed by atoms with Gasteiger partial charge in [-0.3, -0.25) is 0 Å². The molecule has 1 aliphatic rings. The molecule has 3 rings (SSSR count). The zero-order valence-electron chi connectivity index (χ0n) is 10.0. The van der Waals surface area contributed by atoms with Gasteiger partial charge in [0.15, 0.2) is 11.0 Å². The van der Waals surface area contributed by atoms with E-state index in [9.17, 15) is 0 Å². The van der Waals surface area contributed by atoms with Crippen LogP contribution in [-0.2, 0) is 0 Å². The molecule has 1 saturated heterocycles. The average Bonchev–Trinajstić information content (AvgIpc) is 2.86. The lowest BCUT2D eigenvalue weighted by Gasteiger charge is -2.18. The minimum atomic E-state index is 0.478. The second kappa shape index (κ2) is 4.71. The summed E-state index contributed by atoms with van der Waals surface area (Å²) < 4.78 is 0. The lowest BCUT2D eigenvalue weighted by Crippen LogP contribution is -2.24. The number of nitrogens with zero attached hydrogens (tertiary/aromatic N) is 3. The third-order valence-electron chi connectivity index (χ3n) is 3.43. The molecule has 0 amide bonds. The first-order valence-corrected chi connectivity index (χ1v) is 6.53. The quantitative estimate of drug-likeness (QED) is 0.900. The van der Waals surface area contributed by atoms with Gasteiger partial charge in [-0.2, -0.15) is 0 Å². The van der Waals surface area contributed by atoms with Gasteiger partial charge in [0, 0.05) is 13.1 Å². The van der Waals surface area contributed by atoms with Crippen molar-refractivity contribution in [3.8, 4) is 0 Å². The average molecular weight is 263 g/mol. The summed E-state index contributed by atoms with van der Waals surface area (Å²) >= 11 is 6.23. The Balaban J connectivity index is 1.99. The van der Waals surface area contributed by atoms with Gasteiger partial charge >= 0.3 is 0 Å². The Kier molecular flexibility index (Phi) is 3.06. The molecule has 0 bridgehead atoms. The Morgan fingerprint density at radius 3 is 2.67 bits per heavy atom. The van der Waals surface area contributed by atoms with Crippen molar-refractivity contribution in [2.75, 3.05) is 24.5 Å². The molecule has 0 saturated carbocycles. The summed E-state index contributed by atoms with van der Waals surface area (Å²) in [6, 6.07) is 7.78. The zero-order valence-corrected chi connectivity index (χ0v) is 10.8. The molecular weight excluding hydrogens is 248 g/mol. The molecule has 1 unspecified atom stereocenters. The molecule has 18 heavy (non-hydrogen) atoms. The van der Waals surface area contributed by atoms with Crippen molar-refractivity contribution in [1.82, 2.24) is 9.97 Å². The minimum Gasteiger partial charge on any atom is -0.354 e. The number of aromatic nitrogens is 2. The van der Waals surface area contributed by atoms with Crippen LogP contribution in [-0.4, -0.2) is 29.6 Å². The first kappa shape index (κ1) is 11.7. The van der Waals surface area contributed by atoms with E-state index < -0.39 is 0 Å². The monoisotopic (exact) mass is 262 g/mol. The first-order valence-electron chi connectivity index (χ1n) is 6.15. The van der Waals surface area contributed by atoms with Crippen LogP contribution in [0, 0.1) is 5.92 Å². The molecule has 1 aliphatic heterocycles. The van der Waals surface area contributed by atoms with Crippen LogP contribution in [0.4, 0.5) is 5.82 Å². The number of fused-ring (bicyclic) bond motifs is 1. The normalized spacial score (nSPS) is 19.7. The van der Waals surface area contributed by atoms with Crippen LogP contribution in [0.2, 0.25) is 5.15 Å². The number of halogens is 1. The number of anilines is 1. The summed E-state index contributed by atoms with van der Waals surface area (Å²) in [5.41, 5.74) is 7.42. The van der Waals surface area contributed by atoms with Gasteiger partial charge in [-0.1, -0.05) is 23.7 Å². The van der Waals surface area contributed by atoms with E-state index in [0.717, 1.165) is 42.9 Å². The highest BCUT2D eigenvalue weighted by atomic mass is 35.5. The maximum atomic E-state index is 6.23. The highest BCUT2D eigenvalue weighted by Crippen LogP contribution is 2.28. The van der Waals surface area contributed by atoms with E-state index in [1.165, 1.54) is 0 Å². The fourth-order valence-corrected chi connectivity index (χ4v) is 2.64. The van der Waals surface area contributed by atoms with Crippen LogP contribution in [0.3, 0.4) is 0 Å². The van der Waals surface area contributed by atoms with Crippen LogP contribution in [0.25, 0.3) is 11.0 Å². The largest absolute Gasteiger partial charge is 0.354 e. The zero-order chi connectivity index (χ0) is 12.5. The van der Waals surface area contributed by atoms with Gasteiger partial charge in [0.05, 0.1) is 11.0 Å². The molecule has 2 heterocycles. The molecule has 1 fully saturated rings. The van der Waals surface area contributed by atoms with Crippen molar-refractivity contribution in [3.63, 3.8) is 0 Å². The number of para-hydroxylation sites is 2. The first-order chi connectivity index (χ1) is 8.78. The smallest absolute Gasteiger partial charge is 0.172 e. The third-order valence-corrected chi connectivity index (χ3v) is 3.68. The molecule has 0 aliphatic carbocycles. The van der Waals surface area contributed by atoms with Crippen LogP contribution >= 0.6 is 11.6 Å². The highest BCUT2D eigenvalue weighted by Gasteiger charge is 2.24. The summed E-state index contributed by atoms with van der Waals surface area (Å²) in [5.74, 6) is 1.32. The lowest BCUT2D eigenvalue weighted by molar-refractivity contribution is 0.602. The van der Waals surface area contributed by atoms with E-state index in [1.807, 2.05) is 24.3 Å². The van der Waals surface area contributed by atoms with Crippen molar-refractivity contribution in [2.24, 2.45) is 11.7 Å². The molecule has 1 atom stereocenters. The van der Waals surface area contributed by atoms with Gasteiger partial charge in [0.25, 0.3) is 0 Å².